The molecule has 1 amide bonds. The van der Waals surface area contributed by atoms with Gasteiger partial charge in [-0.05, 0) is 31.4 Å². The Morgan fingerprint density at radius 1 is 1.25 bits per heavy atom. The highest BCUT2D eigenvalue weighted by Crippen LogP contribution is 2.24. The number of rotatable bonds is 3. The van der Waals surface area contributed by atoms with Crippen LogP contribution in [0.15, 0.2) is 29.2 Å². The van der Waals surface area contributed by atoms with Gasteiger partial charge >= 0.3 is 5.97 Å². The van der Waals surface area contributed by atoms with Crippen LogP contribution in [0, 0.1) is 0 Å². The van der Waals surface area contributed by atoms with Crippen LogP contribution in [0.1, 0.15) is 29.6 Å². The van der Waals surface area contributed by atoms with E-state index in [1.807, 2.05) is 0 Å². The number of hydrogen-bond acceptors (Lipinski definition) is 4. The number of carboxylic acids is 1. The normalized spacial score (nSPS) is 20.0. The fourth-order valence-electron chi connectivity index (χ4n) is 2.25. The van der Waals surface area contributed by atoms with Crippen LogP contribution < -0.4 is 5.32 Å². The van der Waals surface area contributed by atoms with E-state index in [1.54, 1.807) is 0 Å². The number of amides is 1. The fourth-order valence-corrected chi connectivity index (χ4v) is 4.13. The van der Waals surface area contributed by atoms with Crippen LogP contribution >= 0.6 is 0 Å². The number of nitrogens with one attached hydrogen (secondary N) is 1. The van der Waals surface area contributed by atoms with Crippen LogP contribution in [-0.2, 0) is 14.6 Å². The summed E-state index contributed by atoms with van der Waals surface area (Å²) in [5, 5.41) is 10.4. The molecule has 2 rings (SSSR count). The Kier molecular flexibility index (Phi) is 4.08. The molecule has 2 N–H and O–H groups in total. The second-order valence-electron chi connectivity index (χ2n) is 4.62. The van der Waals surface area contributed by atoms with Crippen molar-refractivity contribution >= 4 is 21.7 Å². The smallest absolute Gasteiger partial charge is 0.337 e. The van der Waals surface area contributed by atoms with Gasteiger partial charge in [0.05, 0.1) is 10.5 Å². The Hall–Kier alpha value is -1.89. The minimum absolute atomic E-state index is 0.210. The van der Waals surface area contributed by atoms with Crippen molar-refractivity contribution in [2.45, 2.75) is 29.4 Å². The third-order valence-corrected chi connectivity index (χ3v) is 5.45. The first kappa shape index (κ1) is 14.5. The Bertz CT molecular complexity index is 638. The van der Waals surface area contributed by atoms with Gasteiger partial charge in [0.1, 0.15) is 5.25 Å². The zero-order valence-corrected chi connectivity index (χ0v) is 11.5. The minimum atomic E-state index is -4.00. The molecule has 1 heterocycles. The SMILES string of the molecule is O=C(O)c1ccccc1S(=O)(=O)C1CCCCNC1=O. The standard InChI is InChI=1S/C13H15NO5S/c15-12-11(7-3-4-8-14-12)20(18,19)10-6-2-1-5-9(10)13(16)17/h1-2,5-6,11H,3-4,7-8H2,(H,14,15)(H,16,17). The van der Waals surface area contributed by atoms with Gasteiger partial charge < -0.3 is 10.4 Å². The number of aromatic carboxylic acids is 1. The number of hydrogen-bond donors (Lipinski definition) is 2. The molecule has 20 heavy (non-hydrogen) atoms. The highest BCUT2D eigenvalue weighted by Gasteiger charge is 2.36. The van der Waals surface area contributed by atoms with Crippen molar-refractivity contribution in [2.24, 2.45) is 0 Å². The zero-order chi connectivity index (χ0) is 14.8. The summed E-state index contributed by atoms with van der Waals surface area (Å²) in [6, 6.07) is 5.37. The third kappa shape index (κ3) is 2.67. The lowest BCUT2D eigenvalue weighted by Gasteiger charge is -2.15. The molecular weight excluding hydrogens is 282 g/mol. The third-order valence-electron chi connectivity index (χ3n) is 3.28. The summed E-state index contributed by atoms with van der Waals surface area (Å²) in [6.07, 6.45) is 1.54. The molecule has 1 fully saturated rings. The maximum absolute atomic E-state index is 12.6. The number of sulfone groups is 1. The van der Waals surface area contributed by atoms with Crippen molar-refractivity contribution in [2.75, 3.05) is 6.54 Å². The topological polar surface area (TPSA) is 101 Å². The van der Waals surface area contributed by atoms with Gasteiger partial charge in [0.25, 0.3) is 0 Å². The minimum Gasteiger partial charge on any atom is -0.478 e. The summed E-state index contributed by atoms with van der Waals surface area (Å²) >= 11 is 0. The Morgan fingerprint density at radius 2 is 1.95 bits per heavy atom. The molecule has 6 nitrogen and oxygen atoms in total. The largest absolute Gasteiger partial charge is 0.478 e. The van der Waals surface area contributed by atoms with Gasteiger partial charge in [0.15, 0.2) is 9.84 Å². The van der Waals surface area contributed by atoms with Crippen LogP contribution in [0.4, 0.5) is 0 Å². The number of carboxylic acid groups (broad SMARTS) is 1. The van der Waals surface area contributed by atoms with E-state index >= 15 is 0 Å². The lowest BCUT2D eigenvalue weighted by Crippen LogP contribution is -2.38. The van der Waals surface area contributed by atoms with Crippen molar-refractivity contribution in [3.05, 3.63) is 29.8 Å². The van der Waals surface area contributed by atoms with E-state index in [0.717, 1.165) is 6.42 Å². The second kappa shape index (κ2) is 5.62. The van der Waals surface area contributed by atoms with Crippen LogP contribution in [0.2, 0.25) is 0 Å². The Labute approximate surface area is 116 Å². The summed E-state index contributed by atoms with van der Waals surface area (Å²) in [5.74, 6) is -1.87. The van der Waals surface area contributed by atoms with Crippen molar-refractivity contribution in [1.29, 1.82) is 0 Å². The molecule has 0 saturated carbocycles. The van der Waals surface area contributed by atoms with E-state index in [2.05, 4.69) is 5.32 Å². The summed E-state index contributed by atoms with van der Waals surface area (Å²) in [5.41, 5.74) is -0.301. The maximum Gasteiger partial charge on any atom is 0.337 e. The highest BCUT2D eigenvalue weighted by molar-refractivity contribution is 7.92. The molecule has 1 saturated heterocycles. The molecule has 7 heteroatoms. The lowest BCUT2D eigenvalue weighted by atomic mass is 10.2. The first-order valence-electron chi connectivity index (χ1n) is 6.28. The highest BCUT2D eigenvalue weighted by atomic mass is 32.2. The van der Waals surface area contributed by atoms with E-state index in [1.165, 1.54) is 24.3 Å². The van der Waals surface area contributed by atoms with E-state index in [0.29, 0.717) is 13.0 Å². The molecule has 1 aliphatic heterocycles. The van der Waals surface area contributed by atoms with Gasteiger partial charge in [-0.2, -0.15) is 0 Å². The molecule has 108 valence electrons. The average Bonchev–Trinajstić information content (AvgIpc) is 2.63. The van der Waals surface area contributed by atoms with Crippen molar-refractivity contribution in [1.82, 2.24) is 5.32 Å². The molecular formula is C13H15NO5S. The molecule has 1 aliphatic rings. The zero-order valence-electron chi connectivity index (χ0n) is 10.7. The molecule has 0 bridgehead atoms. The summed E-state index contributed by atoms with van der Waals surface area (Å²) in [7, 11) is -4.00. The second-order valence-corrected chi connectivity index (χ2v) is 6.72. The molecule has 1 aromatic carbocycles. The molecule has 1 atom stereocenters. The molecule has 0 radical (unpaired) electrons. The van der Waals surface area contributed by atoms with Crippen molar-refractivity contribution in [3.63, 3.8) is 0 Å². The lowest BCUT2D eigenvalue weighted by molar-refractivity contribution is -0.120. The number of carbonyl (C=O) groups is 2. The first-order chi connectivity index (χ1) is 9.44. The van der Waals surface area contributed by atoms with Gasteiger partial charge in [-0.1, -0.05) is 12.1 Å². The van der Waals surface area contributed by atoms with E-state index in [9.17, 15) is 18.0 Å². The monoisotopic (exact) mass is 297 g/mol. The van der Waals surface area contributed by atoms with Crippen molar-refractivity contribution < 1.29 is 23.1 Å². The molecule has 0 aliphatic carbocycles. The molecule has 1 aromatic rings. The predicted molar refractivity (Wildman–Crippen MR) is 71.2 cm³/mol. The molecule has 0 aromatic heterocycles. The van der Waals surface area contributed by atoms with Crippen LogP contribution in [-0.4, -0.2) is 37.2 Å². The fraction of sp³-hybridized carbons (Fsp3) is 0.385. The quantitative estimate of drug-likeness (QED) is 0.860. The van der Waals surface area contributed by atoms with Gasteiger partial charge in [0.2, 0.25) is 5.91 Å². The predicted octanol–water partition coefficient (Wildman–Crippen LogP) is 0.827. The van der Waals surface area contributed by atoms with E-state index in [-0.39, 0.29) is 16.9 Å². The Balaban J connectivity index is 2.49. The van der Waals surface area contributed by atoms with Crippen LogP contribution in [0.3, 0.4) is 0 Å². The van der Waals surface area contributed by atoms with E-state index < -0.39 is 27.0 Å². The Morgan fingerprint density at radius 3 is 2.65 bits per heavy atom. The maximum atomic E-state index is 12.6. The summed E-state index contributed by atoms with van der Waals surface area (Å²) in [4.78, 5) is 22.7. The van der Waals surface area contributed by atoms with Gasteiger partial charge in [-0.15, -0.1) is 0 Å². The molecule has 0 spiro atoms. The van der Waals surface area contributed by atoms with Gasteiger partial charge in [-0.3, -0.25) is 4.79 Å². The number of carbonyl (C=O) groups excluding carboxylic acids is 1. The van der Waals surface area contributed by atoms with Gasteiger partial charge in [-0.25, -0.2) is 13.2 Å². The first-order valence-corrected chi connectivity index (χ1v) is 7.83. The van der Waals surface area contributed by atoms with E-state index in [4.69, 9.17) is 5.11 Å². The van der Waals surface area contributed by atoms with Crippen LogP contribution in [0.5, 0.6) is 0 Å². The van der Waals surface area contributed by atoms with Crippen LogP contribution in [0.25, 0.3) is 0 Å². The summed E-state index contributed by atoms with van der Waals surface area (Å²) in [6.45, 7) is 0.450. The summed E-state index contributed by atoms with van der Waals surface area (Å²) < 4.78 is 25.1. The van der Waals surface area contributed by atoms with Gasteiger partial charge in [0, 0.05) is 6.54 Å². The average molecular weight is 297 g/mol. The molecule has 1 unspecified atom stereocenters. The van der Waals surface area contributed by atoms with Crippen molar-refractivity contribution in [3.8, 4) is 0 Å². The number of benzene rings is 1.